The number of halogens is 8. The number of methoxy groups -OCH3 is 1. The van der Waals surface area contributed by atoms with Gasteiger partial charge in [-0.05, 0) is 11.8 Å². The predicted molar refractivity (Wildman–Crippen MR) is 239 cm³/mol. The Morgan fingerprint density at radius 2 is 1.12 bits per heavy atom. The maximum absolute atomic E-state index is 14.1. The molecule has 13 nitrogen and oxygen atoms in total. The lowest BCUT2D eigenvalue weighted by molar-refractivity contribution is -0.136. The number of rotatable bonds is 13. The Labute approximate surface area is 384 Å². The molecule has 352 valence electrons. The number of amides is 2. The lowest BCUT2D eigenvalue weighted by Gasteiger charge is -2.35. The highest BCUT2D eigenvalue weighted by Crippen LogP contribution is 2.49. The quantitative estimate of drug-likeness (QED) is 0.126. The second-order valence-corrected chi connectivity index (χ2v) is 18.8. The molecule has 2 N–H and O–H groups in total. The van der Waals surface area contributed by atoms with Crippen LogP contribution < -0.4 is 25.2 Å². The minimum atomic E-state index is -4.76. The number of carbonyl (C=O) groups excluding carboxylic acids is 4. The van der Waals surface area contributed by atoms with E-state index in [4.69, 9.17) is 27.9 Å². The number of nitrogens with zero attached hydrogens (tertiary/aromatic N) is 6. The Balaban J connectivity index is 0.000000241. The van der Waals surface area contributed by atoms with Gasteiger partial charge in [-0.1, -0.05) is 62.2 Å². The van der Waals surface area contributed by atoms with E-state index in [2.05, 4.69) is 20.6 Å². The van der Waals surface area contributed by atoms with Gasteiger partial charge in [0.2, 0.25) is 0 Å². The maximum Gasteiger partial charge on any atom is 0.419 e. The van der Waals surface area contributed by atoms with Crippen LogP contribution in [0.25, 0.3) is 20.4 Å². The lowest BCUT2D eigenvalue weighted by atomic mass is 10.1. The lowest BCUT2D eigenvalue weighted by Crippen LogP contribution is -2.48. The van der Waals surface area contributed by atoms with Crippen molar-refractivity contribution in [3.8, 4) is 5.06 Å². The van der Waals surface area contributed by atoms with E-state index in [1.807, 2.05) is 37.5 Å². The average molecular weight is 984 g/mol. The van der Waals surface area contributed by atoms with Crippen LogP contribution >= 0.6 is 45.9 Å². The summed E-state index contributed by atoms with van der Waals surface area (Å²) in [5, 5.41) is 5.28. The first-order chi connectivity index (χ1) is 30.0. The molecule has 0 atom stereocenters. The molecule has 6 heterocycles. The van der Waals surface area contributed by atoms with Crippen LogP contribution in [0.2, 0.25) is 10.0 Å². The zero-order chi connectivity index (χ0) is 47.4. The van der Waals surface area contributed by atoms with Gasteiger partial charge in [-0.15, -0.1) is 11.3 Å². The summed E-state index contributed by atoms with van der Waals surface area (Å²) in [6.45, 7) is 12.0. The number of ketones is 2. The van der Waals surface area contributed by atoms with Crippen LogP contribution in [0.1, 0.15) is 72.4 Å². The fourth-order valence-corrected chi connectivity index (χ4v) is 10.5. The molecule has 4 aromatic heterocycles. The number of Topliss-reactive ketones (excluding diaryl/α,β-unsaturated/α-hetero) is 2. The van der Waals surface area contributed by atoms with E-state index in [9.17, 15) is 45.5 Å². The van der Waals surface area contributed by atoms with Crippen LogP contribution in [-0.2, 0) is 21.9 Å². The molecule has 2 aliphatic heterocycles. The zero-order valence-corrected chi connectivity index (χ0v) is 39.4. The Kier molecular flexibility index (Phi) is 16.8. The van der Waals surface area contributed by atoms with Crippen molar-refractivity contribution in [2.45, 2.75) is 52.9 Å². The number of thiophene rings is 2. The van der Waals surface area contributed by atoms with E-state index in [1.165, 1.54) is 26.6 Å². The average Bonchev–Trinajstić information content (AvgIpc) is 3.80. The third kappa shape index (κ3) is 11.7. The Morgan fingerprint density at radius 3 is 1.52 bits per heavy atom. The molecule has 0 aromatic carbocycles. The highest BCUT2D eigenvalue weighted by atomic mass is 35.5. The number of alkyl halides is 6. The normalized spacial score (nSPS) is 15.5. The number of carbonyl (C=O) groups is 4. The van der Waals surface area contributed by atoms with Crippen LogP contribution in [0.4, 0.5) is 38.0 Å². The second-order valence-electron chi connectivity index (χ2n) is 16.2. The molecule has 2 fully saturated rings. The van der Waals surface area contributed by atoms with Crippen LogP contribution in [0.5, 0.6) is 5.06 Å². The van der Waals surface area contributed by atoms with E-state index in [0.29, 0.717) is 89.6 Å². The first kappa shape index (κ1) is 51.0. The van der Waals surface area contributed by atoms with Crippen molar-refractivity contribution < 1.29 is 50.3 Å². The molecule has 23 heteroatoms. The SMILES string of the molecule is CNC(=O)c1c(OC)sc2c(C(F)(F)F)c(Cl)c(N3CCN(CC(=O)CC(C)C)CC3)nc12.CNC(=O)c1csc2c(C(F)(F)F)c(Cl)c(N3CCN(CC(=O)CC(C)C)CC3)nc12. The highest BCUT2D eigenvalue weighted by Gasteiger charge is 2.42. The van der Waals surface area contributed by atoms with Gasteiger partial charge in [0.1, 0.15) is 34.3 Å². The summed E-state index contributed by atoms with van der Waals surface area (Å²) in [5.41, 5.74) is -2.07. The molecule has 0 radical (unpaired) electrons. The number of aromatic nitrogens is 2. The largest absolute Gasteiger partial charge is 0.487 e. The van der Waals surface area contributed by atoms with Crippen molar-refractivity contribution in [1.82, 2.24) is 30.4 Å². The minimum absolute atomic E-state index is 0.00869. The molecule has 4 aromatic rings. The van der Waals surface area contributed by atoms with Gasteiger partial charge in [0.15, 0.2) is 5.06 Å². The van der Waals surface area contributed by atoms with E-state index < -0.39 is 45.3 Å². The molecule has 2 saturated heterocycles. The molecule has 0 unspecified atom stereocenters. The summed E-state index contributed by atoms with van der Waals surface area (Å²) in [6.07, 6.45) is -8.46. The smallest absolute Gasteiger partial charge is 0.419 e. The number of hydrogen-bond donors (Lipinski definition) is 2. The number of fused-ring (bicyclic) bond motifs is 2. The Bertz CT molecular complexity index is 2360. The summed E-state index contributed by atoms with van der Waals surface area (Å²) in [4.78, 5) is 64.9. The van der Waals surface area contributed by atoms with Crippen molar-refractivity contribution in [2.75, 3.05) is 96.5 Å². The number of piperazine rings is 2. The van der Waals surface area contributed by atoms with Gasteiger partial charge in [-0.2, -0.15) is 26.3 Å². The van der Waals surface area contributed by atoms with E-state index in [1.54, 1.807) is 9.80 Å². The van der Waals surface area contributed by atoms with Crippen molar-refractivity contribution in [3.63, 3.8) is 0 Å². The Hall–Kier alpha value is -4.02. The van der Waals surface area contributed by atoms with Crippen LogP contribution in [0.3, 0.4) is 0 Å². The highest BCUT2D eigenvalue weighted by molar-refractivity contribution is 7.21. The standard InChI is InChI=1S/C21H26ClF3N4O3S.C20H24ClF3N4O2S/c1-11(2)9-12(30)10-28-5-7-29(8-6-28)18-15(22)14(21(23,24)25)17-16(27-18)13(19(31)26-3)20(32-4)33-17;1-11(2)8-12(29)9-27-4-6-28(7-5-27)18-15(21)14(20(22,23)24)17-16(26-18)13(10-31-17)19(30)25-3/h11H,5-10H2,1-4H3,(H,26,31);10-11H,4-9H2,1-3H3,(H,25,30). The summed E-state index contributed by atoms with van der Waals surface area (Å²) in [7, 11) is 4.08. The first-order valence-electron chi connectivity index (χ1n) is 20.4. The first-order valence-corrected chi connectivity index (χ1v) is 22.8. The molecule has 0 spiro atoms. The molecule has 2 amide bonds. The van der Waals surface area contributed by atoms with Gasteiger partial charge < -0.3 is 25.2 Å². The van der Waals surface area contributed by atoms with Gasteiger partial charge in [0, 0.05) is 84.7 Å². The molecule has 0 bridgehead atoms. The number of ether oxygens (including phenoxy) is 1. The zero-order valence-electron chi connectivity index (χ0n) is 36.3. The molecule has 64 heavy (non-hydrogen) atoms. The summed E-state index contributed by atoms with van der Waals surface area (Å²) in [6, 6.07) is 0. The van der Waals surface area contributed by atoms with E-state index in [0.717, 1.165) is 11.3 Å². The van der Waals surface area contributed by atoms with Crippen molar-refractivity contribution in [3.05, 3.63) is 37.7 Å². The van der Waals surface area contributed by atoms with Crippen LogP contribution in [0.15, 0.2) is 5.38 Å². The number of anilines is 2. The fraction of sp³-hybridized carbons (Fsp3) is 0.561. The monoisotopic (exact) mass is 982 g/mol. The minimum Gasteiger partial charge on any atom is -0.487 e. The fourth-order valence-electron chi connectivity index (χ4n) is 7.52. The van der Waals surface area contributed by atoms with Crippen molar-refractivity contribution >= 4 is 101 Å². The molecular formula is C41H50Cl2F6N8O5S2. The third-order valence-electron chi connectivity index (χ3n) is 10.4. The number of pyridine rings is 2. The molecule has 0 aliphatic carbocycles. The molecule has 2 aliphatic rings. The summed E-state index contributed by atoms with van der Waals surface area (Å²) >= 11 is 14.0. The topological polar surface area (TPSA) is 140 Å². The summed E-state index contributed by atoms with van der Waals surface area (Å²) < 4.78 is 88.5. The van der Waals surface area contributed by atoms with Crippen molar-refractivity contribution in [1.29, 1.82) is 0 Å². The van der Waals surface area contributed by atoms with Gasteiger partial charge in [-0.3, -0.25) is 29.0 Å². The van der Waals surface area contributed by atoms with E-state index >= 15 is 0 Å². The molecular weight excluding hydrogens is 934 g/mol. The molecule has 6 rings (SSSR count). The molecule has 0 saturated carbocycles. The van der Waals surface area contributed by atoms with Gasteiger partial charge >= 0.3 is 12.4 Å². The maximum atomic E-state index is 14.1. The summed E-state index contributed by atoms with van der Waals surface area (Å²) in [5.74, 6) is -0.289. The van der Waals surface area contributed by atoms with Crippen molar-refractivity contribution in [2.24, 2.45) is 11.8 Å². The third-order valence-corrected chi connectivity index (χ3v) is 13.3. The Morgan fingerprint density at radius 1 is 0.703 bits per heavy atom. The second kappa shape index (κ2) is 21.1. The number of hydrogen-bond acceptors (Lipinski definition) is 13. The van der Waals surface area contributed by atoms with Gasteiger partial charge in [0.05, 0.1) is 61.9 Å². The van der Waals surface area contributed by atoms with E-state index in [-0.39, 0.29) is 71.7 Å². The van der Waals surface area contributed by atoms with Crippen LogP contribution in [0, 0.1) is 11.8 Å². The van der Waals surface area contributed by atoms with Gasteiger partial charge in [-0.25, -0.2) is 9.97 Å². The van der Waals surface area contributed by atoms with Gasteiger partial charge in [0.25, 0.3) is 11.8 Å². The van der Waals surface area contributed by atoms with Crippen LogP contribution in [-0.4, -0.2) is 130 Å². The predicted octanol–water partition coefficient (Wildman–Crippen LogP) is 8.14. The number of nitrogens with one attached hydrogen (secondary N) is 2.